The monoisotopic (exact) mass is 348 g/mol. The molecule has 4 aromatic rings. The molecule has 0 bridgehead atoms. The molecule has 0 fully saturated rings. The molecule has 0 spiro atoms. The van der Waals surface area contributed by atoms with Crippen LogP contribution >= 0.6 is 11.8 Å². The molecule has 2 heterocycles. The Hall–Kier alpha value is -2.40. The minimum Gasteiger partial charge on any atom is -0.324 e. The second kappa shape index (κ2) is 6.84. The van der Waals surface area contributed by atoms with Crippen LogP contribution in [0.15, 0.2) is 53.7 Å². The lowest BCUT2D eigenvalue weighted by Crippen LogP contribution is -2.00. The van der Waals surface area contributed by atoms with Gasteiger partial charge < -0.3 is 4.57 Å². The van der Waals surface area contributed by atoms with Crippen molar-refractivity contribution in [2.24, 2.45) is 0 Å². The maximum atomic E-state index is 4.83. The molecular formula is C20H20N4S. The number of rotatable bonds is 5. The highest BCUT2D eigenvalue weighted by Gasteiger charge is 2.14. The first-order valence-corrected chi connectivity index (χ1v) is 9.55. The molecule has 25 heavy (non-hydrogen) atoms. The van der Waals surface area contributed by atoms with Gasteiger partial charge in [-0.2, -0.15) is 0 Å². The number of fused-ring (bicyclic) bond motifs is 3. The number of aromatic nitrogens is 4. The Kier molecular flexibility index (Phi) is 4.40. The van der Waals surface area contributed by atoms with Gasteiger partial charge in [0.25, 0.3) is 0 Å². The average Bonchev–Trinajstić information content (AvgIpc) is 2.94. The molecule has 0 amide bonds. The molecule has 0 aliphatic heterocycles. The van der Waals surface area contributed by atoms with Crippen molar-refractivity contribution >= 4 is 33.8 Å². The number of aryl methyl sites for hydroxylation is 2. The molecule has 2 aromatic carbocycles. The third-order valence-corrected chi connectivity index (χ3v) is 5.17. The van der Waals surface area contributed by atoms with Crippen molar-refractivity contribution < 1.29 is 0 Å². The Morgan fingerprint density at radius 1 is 1.04 bits per heavy atom. The molecule has 0 atom stereocenters. The van der Waals surface area contributed by atoms with Gasteiger partial charge >= 0.3 is 0 Å². The van der Waals surface area contributed by atoms with Gasteiger partial charge in [-0.1, -0.05) is 60.6 Å². The number of hydrogen-bond acceptors (Lipinski definition) is 4. The quantitative estimate of drug-likeness (QED) is 0.477. The average molecular weight is 348 g/mol. The van der Waals surface area contributed by atoms with Gasteiger partial charge in [0.15, 0.2) is 5.65 Å². The van der Waals surface area contributed by atoms with Crippen molar-refractivity contribution in [3.05, 3.63) is 59.7 Å². The summed E-state index contributed by atoms with van der Waals surface area (Å²) in [5.74, 6) is 0.848. The summed E-state index contributed by atoms with van der Waals surface area (Å²) in [6.07, 6.45) is 1.06. The molecule has 4 nitrogen and oxygen atoms in total. The summed E-state index contributed by atoms with van der Waals surface area (Å²) in [6, 6.07) is 16.9. The summed E-state index contributed by atoms with van der Waals surface area (Å²) in [4.78, 5) is 4.83. The van der Waals surface area contributed by atoms with Crippen molar-refractivity contribution in [1.82, 2.24) is 19.7 Å². The molecule has 0 saturated carbocycles. The van der Waals surface area contributed by atoms with Gasteiger partial charge in [-0.3, -0.25) is 0 Å². The zero-order chi connectivity index (χ0) is 17.2. The van der Waals surface area contributed by atoms with Crippen LogP contribution in [0.4, 0.5) is 0 Å². The van der Waals surface area contributed by atoms with Gasteiger partial charge in [0.05, 0.1) is 5.52 Å². The van der Waals surface area contributed by atoms with Crippen LogP contribution in [-0.2, 0) is 12.3 Å². The van der Waals surface area contributed by atoms with Crippen molar-refractivity contribution in [1.29, 1.82) is 0 Å². The Morgan fingerprint density at radius 3 is 2.68 bits per heavy atom. The standard InChI is InChI=1S/C20H20N4S/c1-3-11-24-17-10-9-14(2)12-16(17)18-19(24)21-20(23-22-18)25-13-15-7-5-4-6-8-15/h4-10,12H,3,11,13H2,1-2H3. The lowest BCUT2D eigenvalue weighted by Gasteiger charge is -2.05. The highest BCUT2D eigenvalue weighted by molar-refractivity contribution is 7.98. The normalized spacial score (nSPS) is 11.4. The van der Waals surface area contributed by atoms with Gasteiger partial charge in [-0.15, -0.1) is 10.2 Å². The van der Waals surface area contributed by atoms with E-state index in [9.17, 15) is 0 Å². The lowest BCUT2D eigenvalue weighted by molar-refractivity contribution is 0.709. The lowest BCUT2D eigenvalue weighted by atomic mass is 10.2. The van der Waals surface area contributed by atoms with Crippen LogP contribution in [-0.4, -0.2) is 19.7 Å². The summed E-state index contributed by atoms with van der Waals surface area (Å²) < 4.78 is 2.27. The first-order valence-electron chi connectivity index (χ1n) is 8.56. The van der Waals surface area contributed by atoms with Crippen molar-refractivity contribution in [3.8, 4) is 0 Å². The summed E-state index contributed by atoms with van der Waals surface area (Å²) in [7, 11) is 0. The van der Waals surface area contributed by atoms with E-state index in [4.69, 9.17) is 4.98 Å². The third kappa shape index (κ3) is 3.12. The van der Waals surface area contributed by atoms with E-state index in [1.165, 1.54) is 16.6 Å². The number of nitrogens with zero attached hydrogens (tertiary/aromatic N) is 4. The molecule has 0 aliphatic carbocycles. The van der Waals surface area contributed by atoms with Crippen molar-refractivity contribution in [3.63, 3.8) is 0 Å². The van der Waals surface area contributed by atoms with E-state index in [1.807, 2.05) is 6.07 Å². The maximum Gasteiger partial charge on any atom is 0.211 e. The van der Waals surface area contributed by atoms with E-state index >= 15 is 0 Å². The first-order chi connectivity index (χ1) is 12.3. The molecule has 0 unspecified atom stereocenters. The van der Waals surface area contributed by atoms with Crippen LogP contribution in [0, 0.1) is 6.92 Å². The largest absolute Gasteiger partial charge is 0.324 e. The predicted octanol–water partition coefficient (Wildman–Crippen LogP) is 4.99. The molecule has 0 saturated heterocycles. The van der Waals surface area contributed by atoms with Crippen molar-refractivity contribution in [2.75, 3.05) is 0 Å². The zero-order valence-electron chi connectivity index (χ0n) is 14.4. The van der Waals surface area contributed by atoms with E-state index in [0.717, 1.165) is 40.4 Å². The molecule has 2 aromatic heterocycles. The molecule has 5 heteroatoms. The van der Waals surface area contributed by atoms with Gasteiger partial charge in [0.1, 0.15) is 5.52 Å². The van der Waals surface area contributed by atoms with Gasteiger partial charge in [0.2, 0.25) is 5.16 Å². The van der Waals surface area contributed by atoms with Crippen LogP contribution in [0.3, 0.4) is 0 Å². The maximum absolute atomic E-state index is 4.83. The van der Waals surface area contributed by atoms with Gasteiger partial charge in [0, 0.05) is 17.7 Å². The molecule has 0 N–H and O–H groups in total. The number of hydrogen-bond donors (Lipinski definition) is 0. The van der Waals surface area contributed by atoms with E-state index in [0.29, 0.717) is 0 Å². The Bertz CT molecular complexity index is 1020. The smallest absolute Gasteiger partial charge is 0.211 e. The van der Waals surface area contributed by atoms with Crippen molar-refractivity contribution in [2.45, 2.75) is 37.7 Å². The molecule has 4 rings (SSSR count). The Labute approximate surface area is 151 Å². The third-order valence-electron chi connectivity index (χ3n) is 4.26. The highest BCUT2D eigenvalue weighted by atomic mass is 32.2. The fourth-order valence-electron chi connectivity index (χ4n) is 3.09. The van der Waals surface area contributed by atoms with E-state index in [-0.39, 0.29) is 0 Å². The predicted molar refractivity (Wildman–Crippen MR) is 104 cm³/mol. The summed E-state index contributed by atoms with van der Waals surface area (Å²) in [5, 5.41) is 10.7. The summed E-state index contributed by atoms with van der Waals surface area (Å²) >= 11 is 1.63. The van der Waals surface area contributed by atoms with Crippen LogP contribution in [0.2, 0.25) is 0 Å². The van der Waals surface area contributed by atoms with Crippen LogP contribution < -0.4 is 0 Å². The van der Waals surface area contributed by atoms with Gasteiger partial charge in [-0.25, -0.2) is 4.98 Å². The topological polar surface area (TPSA) is 43.6 Å². The van der Waals surface area contributed by atoms with Gasteiger partial charge in [-0.05, 0) is 31.0 Å². The van der Waals surface area contributed by atoms with E-state index in [2.05, 4.69) is 71.1 Å². The summed E-state index contributed by atoms with van der Waals surface area (Å²) in [6.45, 7) is 5.23. The van der Waals surface area contributed by atoms with E-state index in [1.54, 1.807) is 11.8 Å². The SMILES string of the molecule is CCCn1c2ccc(C)cc2c2nnc(SCc3ccccc3)nc21. The Balaban J connectivity index is 1.76. The van der Waals surface area contributed by atoms with Crippen LogP contribution in [0.1, 0.15) is 24.5 Å². The second-order valence-corrected chi connectivity index (χ2v) is 7.16. The minimum atomic E-state index is 0.730. The number of thioether (sulfide) groups is 1. The van der Waals surface area contributed by atoms with Crippen LogP contribution in [0.5, 0.6) is 0 Å². The molecule has 0 radical (unpaired) electrons. The molecule has 126 valence electrons. The summed E-state index contributed by atoms with van der Waals surface area (Å²) in [5.41, 5.74) is 5.52. The molecule has 0 aliphatic rings. The zero-order valence-corrected chi connectivity index (χ0v) is 15.3. The Morgan fingerprint density at radius 2 is 1.88 bits per heavy atom. The second-order valence-electron chi connectivity index (χ2n) is 6.21. The fraction of sp³-hybridized carbons (Fsp3) is 0.250. The minimum absolute atomic E-state index is 0.730. The highest BCUT2D eigenvalue weighted by Crippen LogP contribution is 2.29. The number of benzene rings is 2. The van der Waals surface area contributed by atoms with E-state index < -0.39 is 0 Å². The first kappa shape index (κ1) is 16.1. The molecular weight excluding hydrogens is 328 g/mol. The van der Waals surface area contributed by atoms with Crippen LogP contribution in [0.25, 0.3) is 22.1 Å². The fourth-order valence-corrected chi connectivity index (χ4v) is 3.83.